The van der Waals surface area contributed by atoms with E-state index in [4.69, 9.17) is 4.74 Å². The van der Waals surface area contributed by atoms with Gasteiger partial charge in [-0.25, -0.2) is 0 Å². The van der Waals surface area contributed by atoms with Gasteiger partial charge in [0.05, 0.1) is 19.7 Å². The molecule has 0 unspecified atom stereocenters. The SMILES string of the molecule is COc1ccc([C@H]2CCCN2CC(=O)N[C@@H](C)c2ccccc2C)cc1. The van der Waals surface area contributed by atoms with Crippen molar-refractivity contribution in [1.29, 1.82) is 0 Å². The fourth-order valence-corrected chi connectivity index (χ4v) is 3.84. The molecular weight excluding hydrogens is 324 g/mol. The van der Waals surface area contributed by atoms with Crippen LogP contribution in [0.4, 0.5) is 0 Å². The summed E-state index contributed by atoms with van der Waals surface area (Å²) in [6, 6.07) is 16.7. The molecule has 2 atom stereocenters. The van der Waals surface area contributed by atoms with Gasteiger partial charge in [0, 0.05) is 6.04 Å². The van der Waals surface area contributed by atoms with E-state index in [9.17, 15) is 4.79 Å². The highest BCUT2D eigenvalue weighted by Gasteiger charge is 2.28. The van der Waals surface area contributed by atoms with Crippen LogP contribution in [0.25, 0.3) is 0 Å². The number of likely N-dealkylation sites (tertiary alicyclic amines) is 1. The summed E-state index contributed by atoms with van der Waals surface area (Å²) in [5, 5.41) is 3.15. The van der Waals surface area contributed by atoms with E-state index in [1.807, 2.05) is 31.2 Å². The Morgan fingerprint density at radius 1 is 1.23 bits per heavy atom. The van der Waals surface area contributed by atoms with Crippen LogP contribution in [0.2, 0.25) is 0 Å². The molecule has 4 nitrogen and oxygen atoms in total. The quantitative estimate of drug-likeness (QED) is 0.854. The first-order chi connectivity index (χ1) is 12.6. The number of benzene rings is 2. The molecule has 1 aliphatic heterocycles. The van der Waals surface area contributed by atoms with Crippen molar-refractivity contribution in [3.8, 4) is 5.75 Å². The zero-order valence-electron chi connectivity index (χ0n) is 15.9. The van der Waals surface area contributed by atoms with Crippen LogP contribution in [0.5, 0.6) is 5.75 Å². The van der Waals surface area contributed by atoms with Crippen LogP contribution in [0, 0.1) is 6.92 Å². The van der Waals surface area contributed by atoms with Crippen LogP contribution >= 0.6 is 0 Å². The second-order valence-electron chi connectivity index (χ2n) is 7.05. The molecule has 3 rings (SSSR count). The summed E-state index contributed by atoms with van der Waals surface area (Å²) in [6.45, 7) is 5.53. The molecule has 138 valence electrons. The normalized spacial score (nSPS) is 18.5. The molecule has 0 saturated carbocycles. The van der Waals surface area contributed by atoms with Gasteiger partial charge in [0.2, 0.25) is 5.91 Å². The minimum atomic E-state index is 0.0192. The Morgan fingerprint density at radius 3 is 2.65 bits per heavy atom. The van der Waals surface area contributed by atoms with E-state index < -0.39 is 0 Å². The highest BCUT2D eigenvalue weighted by molar-refractivity contribution is 5.78. The van der Waals surface area contributed by atoms with Crippen LogP contribution in [-0.2, 0) is 4.79 Å². The topological polar surface area (TPSA) is 41.6 Å². The molecule has 2 aromatic carbocycles. The number of hydrogen-bond donors (Lipinski definition) is 1. The third kappa shape index (κ3) is 4.25. The van der Waals surface area contributed by atoms with E-state index in [2.05, 4.69) is 41.4 Å². The van der Waals surface area contributed by atoms with Crippen molar-refractivity contribution in [3.05, 3.63) is 65.2 Å². The maximum absolute atomic E-state index is 12.6. The first kappa shape index (κ1) is 18.5. The second kappa shape index (κ2) is 8.37. The monoisotopic (exact) mass is 352 g/mol. The van der Waals surface area contributed by atoms with Crippen LogP contribution in [0.3, 0.4) is 0 Å². The van der Waals surface area contributed by atoms with E-state index in [1.54, 1.807) is 7.11 Å². The number of rotatable bonds is 6. The molecular formula is C22H28N2O2. The summed E-state index contributed by atoms with van der Waals surface area (Å²) in [6.07, 6.45) is 2.21. The van der Waals surface area contributed by atoms with E-state index in [0.717, 1.165) is 25.1 Å². The number of carbonyl (C=O) groups excluding carboxylic acids is 1. The van der Waals surface area contributed by atoms with Gasteiger partial charge in [-0.05, 0) is 62.1 Å². The predicted molar refractivity (Wildman–Crippen MR) is 104 cm³/mol. The first-order valence-electron chi connectivity index (χ1n) is 9.31. The van der Waals surface area contributed by atoms with Crippen LogP contribution in [0.15, 0.2) is 48.5 Å². The average molecular weight is 352 g/mol. The highest BCUT2D eigenvalue weighted by Crippen LogP contribution is 2.32. The molecule has 1 fully saturated rings. The second-order valence-corrected chi connectivity index (χ2v) is 7.05. The molecule has 4 heteroatoms. The number of nitrogens with one attached hydrogen (secondary N) is 1. The predicted octanol–water partition coefficient (Wildman–Crippen LogP) is 4.02. The number of ether oxygens (including phenoxy) is 1. The van der Waals surface area contributed by atoms with E-state index in [-0.39, 0.29) is 11.9 Å². The molecule has 1 aliphatic rings. The molecule has 1 amide bonds. The van der Waals surface area contributed by atoms with E-state index in [0.29, 0.717) is 12.6 Å². The lowest BCUT2D eigenvalue weighted by Gasteiger charge is -2.25. The van der Waals surface area contributed by atoms with Gasteiger partial charge < -0.3 is 10.1 Å². The Balaban J connectivity index is 1.61. The van der Waals surface area contributed by atoms with Gasteiger partial charge >= 0.3 is 0 Å². The maximum atomic E-state index is 12.6. The Morgan fingerprint density at radius 2 is 1.96 bits per heavy atom. The van der Waals surface area contributed by atoms with Crippen LogP contribution in [0.1, 0.15) is 48.5 Å². The molecule has 1 N–H and O–H groups in total. The lowest BCUT2D eigenvalue weighted by atomic mass is 10.0. The van der Waals surface area contributed by atoms with Crippen LogP contribution in [-0.4, -0.2) is 31.0 Å². The number of aryl methyl sites for hydroxylation is 1. The van der Waals surface area contributed by atoms with Crippen molar-refractivity contribution in [2.75, 3.05) is 20.2 Å². The van der Waals surface area contributed by atoms with Crippen molar-refractivity contribution < 1.29 is 9.53 Å². The zero-order chi connectivity index (χ0) is 18.5. The zero-order valence-corrected chi connectivity index (χ0v) is 15.9. The summed E-state index contributed by atoms with van der Waals surface area (Å²) in [5.74, 6) is 0.948. The van der Waals surface area contributed by atoms with Crippen molar-refractivity contribution in [2.45, 2.75) is 38.8 Å². The molecule has 2 aromatic rings. The third-order valence-electron chi connectivity index (χ3n) is 5.24. The summed E-state index contributed by atoms with van der Waals surface area (Å²) in [7, 11) is 1.68. The van der Waals surface area contributed by atoms with Crippen molar-refractivity contribution in [2.24, 2.45) is 0 Å². The van der Waals surface area contributed by atoms with Crippen molar-refractivity contribution >= 4 is 5.91 Å². The Hall–Kier alpha value is -2.33. The summed E-state index contributed by atoms with van der Waals surface area (Å²) in [5.41, 5.74) is 3.63. The lowest BCUT2D eigenvalue weighted by Crippen LogP contribution is -2.38. The summed E-state index contributed by atoms with van der Waals surface area (Å²) < 4.78 is 5.24. The maximum Gasteiger partial charge on any atom is 0.234 e. The largest absolute Gasteiger partial charge is 0.497 e. The fraction of sp³-hybridized carbons (Fsp3) is 0.409. The van der Waals surface area contributed by atoms with Gasteiger partial charge in [-0.2, -0.15) is 0 Å². The van der Waals surface area contributed by atoms with Crippen LogP contribution < -0.4 is 10.1 Å². The van der Waals surface area contributed by atoms with Gasteiger partial charge in [-0.3, -0.25) is 9.69 Å². The van der Waals surface area contributed by atoms with Crippen molar-refractivity contribution in [3.63, 3.8) is 0 Å². The van der Waals surface area contributed by atoms with Crippen molar-refractivity contribution in [1.82, 2.24) is 10.2 Å². The minimum Gasteiger partial charge on any atom is -0.497 e. The molecule has 0 aliphatic carbocycles. The van der Waals surface area contributed by atoms with E-state index >= 15 is 0 Å². The molecule has 0 aromatic heterocycles. The first-order valence-corrected chi connectivity index (χ1v) is 9.31. The average Bonchev–Trinajstić information content (AvgIpc) is 3.10. The number of methoxy groups -OCH3 is 1. The van der Waals surface area contributed by atoms with Gasteiger partial charge in [0.15, 0.2) is 0 Å². The Labute approximate surface area is 156 Å². The summed E-state index contributed by atoms with van der Waals surface area (Å²) in [4.78, 5) is 14.9. The molecule has 0 bridgehead atoms. The number of amides is 1. The molecule has 0 spiro atoms. The van der Waals surface area contributed by atoms with Gasteiger partial charge in [0.25, 0.3) is 0 Å². The Bertz CT molecular complexity index is 742. The van der Waals surface area contributed by atoms with Gasteiger partial charge in [-0.1, -0.05) is 36.4 Å². The van der Waals surface area contributed by atoms with Gasteiger partial charge in [0.1, 0.15) is 5.75 Å². The fourth-order valence-electron chi connectivity index (χ4n) is 3.84. The number of nitrogens with zero attached hydrogens (tertiary/aromatic N) is 1. The number of hydrogen-bond acceptors (Lipinski definition) is 3. The summed E-state index contributed by atoms with van der Waals surface area (Å²) >= 11 is 0. The highest BCUT2D eigenvalue weighted by atomic mass is 16.5. The smallest absolute Gasteiger partial charge is 0.234 e. The third-order valence-corrected chi connectivity index (χ3v) is 5.24. The standard InChI is InChI=1S/C22H28N2O2/c1-16-7-4-5-8-20(16)17(2)23-22(25)15-24-14-6-9-21(24)18-10-12-19(26-3)13-11-18/h4-5,7-8,10-13,17,21H,6,9,14-15H2,1-3H3,(H,23,25)/t17-,21+/m0/s1. The van der Waals surface area contributed by atoms with Gasteiger partial charge in [-0.15, -0.1) is 0 Å². The molecule has 1 saturated heterocycles. The Kier molecular flexibility index (Phi) is 5.94. The lowest BCUT2D eigenvalue weighted by molar-refractivity contribution is -0.123. The minimum absolute atomic E-state index is 0.0192. The van der Waals surface area contributed by atoms with E-state index in [1.165, 1.54) is 16.7 Å². The molecule has 1 heterocycles. The molecule has 26 heavy (non-hydrogen) atoms. The molecule has 0 radical (unpaired) electrons. The number of carbonyl (C=O) groups is 1.